The summed E-state index contributed by atoms with van der Waals surface area (Å²) >= 11 is 17.2. The van der Waals surface area contributed by atoms with Gasteiger partial charge in [-0.1, -0.05) is 35.3 Å². The molecule has 20 heavy (non-hydrogen) atoms. The van der Waals surface area contributed by atoms with Crippen molar-refractivity contribution in [3.8, 4) is 0 Å². The zero-order valence-corrected chi connectivity index (χ0v) is 12.2. The van der Waals surface area contributed by atoms with Crippen LogP contribution in [0.2, 0.25) is 10.2 Å². The third-order valence-electron chi connectivity index (χ3n) is 2.63. The first-order valence-electron chi connectivity index (χ1n) is 5.45. The van der Waals surface area contributed by atoms with E-state index in [0.717, 1.165) is 10.2 Å². The number of hydrogen-bond donors (Lipinski definition) is 0. The van der Waals surface area contributed by atoms with Gasteiger partial charge < -0.3 is 0 Å². The van der Waals surface area contributed by atoms with E-state index in [9.17, 15) is 13.2 Å². The standard InChI is InChI=1S/C12H8Cl3F3N2/c13-5-9-10(12(16,17)18)19-20(11(9)15)6-7-1-3-8(14)4-2-7/h1-4H,5-6H2. The van der Waals surface area contributed by atoms with Crippen LogP contribution in [0.1, 0.15) is 16.8 Å². The topological polar surface area (TPSA) is 17.8 Å². The first kappa shape index (κ1) is 15.5. The molecular formula is C12H8Cl3F3N2. The molecule has 0 N–H and O–H groups in total. The van der Waals surface area contributed by atoms with Crippen LogP contribution in [0.15, 0.2) is 24.3 Å². The van der Waals surface area contributed by atoms with E-state index in [1.54, 1.807) is 24.3 Å². The smallest absolute Gasteiger partial charge is 0.249 e. The van der Waals surface area contributed by atoms with E-state index in [4.69, 9.17) is 34.8 Å². The second-order valence-corrected chi connectivity index (χ2v) is 5.10. The molecule has 0 bridgehead atoms. The van der Waals surface area contributed by atoms with Crippen LogP contribution in [0.4, 0.5) is 13.2 Å². The lowest BCUT2D eigenvalue weighted by atomic mass is 10.2. The Bertz CT molecular complexity index is 606. The molecule has 0 amide bonds. The molecular weight excluding hydrogens is 335 g/mol. The number of rotatable bonds is 3. The predicted molar refractivity (Wildman–Crippen MR) is 72.4 cm³/mol. The number of halogens is 6. The normalized spacial score (nSPS) is 11.9. The lowest BCUT2D eigenvalue weighted by Gasteiger charge is -2.04. The van der Waals surface area contributed by atoms with E-state index >= 15 is 0 Å². The molecule has 2 rings (SSSR count). The van der Waals surface area contributed by atoms with Crippen molar-refractivity contribution in [3.63, 3.8) is 0 Å². The van der Waals surface area contributed by atoms with Crippen LogP contribution in [-0.2, 0) is 18.6 Å². The fourth-order valence-corrected chi connectivity index (χ4v) is 2.39. The third-order valence-corrected chi connectivity index (χ3v) is 3.57. The maximum absolute atomic E-state index is 12.8. The first-order valence-corrected chi connectivity index (χ1v) is 6.74. The Morgan fingerprint density at radius 2 is 1.70 bits per heavy atom. The highest BCUT2D eigenvalue weighted by Gasteiger charge is 2.38. The summed E-state index contributed by atoms with van der Waals surface area (Å²) in [5, 5.41) is 3.94. The SMILES string of the molecule is FC(F)(F)c1nn(Cc2ccc(Cl)cc2)c(Cl)c1CCl. The lowest BCUT2D eigenvalue weighted by Crippen LogP contribution is -2.10. The Labute approximate surface area is 128 Å². The van der Waals surface area contributed by atoms with Crippen LogP contribution in [0, 0.1) is 0 Å². The Morgan fingerprint density at radius 1 is 1.10 bits per heavy atom. The maximum atomic E-state index is 12.8. The van der Waals surface area contributed by atoms with Crippen LogP contribution in [0.5, 0.6) is 0 Å². The van der Waals surface area contributed by atoms with Gasteiger partial charge in [-0.15, -0.1) is 11.6 Å². The van der Waals surface area contributed by atoms with Gasteiger partial charge in [0.2, 0.25) is 0 Å². The van der Waals surface area contributed by atoms with E-state index in [0.29, 0.717) is 5.02 Å². The fourth-order valence-electron chi connectivity index (χ4n) is 1.69. The monoisotopic (exact) mass is 342 g/mol. The van der Waals surface area contributed by atoms with E-state index in [1.807, 2.05) is 0 Å². The highest BCUT2D eigenvalue weighted by Crippen LogP contribution is 2.35. The molecule has 0 aliphatic carbocycles. The van der Waals surface area contributed by atoms with Crippen molar-refractivity contribution in [2.24, 2.45) is 0 Å². The number of alkyl halides is 4. The van der Waals surface area contributed by atoms with Crippen molar-refractivity contribution in [1.82, 2.24) is 9.78 Å². The summed E-state index contributed by atoms with van der Waals surface area (Å²) in [4.78, 5) is 0. The number of benzene rings is 1. The van der Waals surface area contributed by atoms with Crippen LogP contribution >= 0.6 is 34.8 Å². The van der Waals surface area contributed by atoms with Crippen molar-refractivity contribution in [3.05, 3.63) is 51.3 Å². The average Bonchev–Trinajstić information content (AvgIpc) is 2.69. The lowest BCUT2D eigenvalue weighted by molar-refractivity contribution is -0.142. The number of hydrogen-bond acceptors (Lipinski definition) is 1. The highest BCUT2D eigenvalue weighted by molar-refractivity contribution is 6.31. The van der Waals surface area contributed by atoms with E-state index in [-0.39, 0.29) is 23.1 Å². The highest BCUT2D eigenvalue weighted by atomic mass is 35.5. The van der Waals surface area contributed by atoms with Gasteiger partial charge in [-0.25, -0.2) is 4.68 Å². The quantitative estimate of drug-likeness (QED) is 0.717. The molecule has 1 aromatic carbocycles. The summed E-state index contributed by atoms with van der Waals surface area (Å²) in [5.41, 5.74) is -0.532. The predicted octanol–water partition coefficient (Wildman–Crippen LogP) is 5.00. The van der Waals surface area contributed by atoms with Gasteiger partial charge in [-0.3, -0.25) is 0 Å². The minimum absolute atomic E-state index is 0.107. The second kappa shape index (κ2) is 5.84. The molecule has 0 fully saturated rings. The molecule has 1 aromatic heterocycles. The van der Waals surface area contributed by atoms with Gasteiger partial charge >= 0.3 is 6.18 Å². The second-order valence-electron chi connectivity index (χ2n) is 4.03. The number of nitrogens with zero attached hydrogens (tertiary/aromatic N) is 2. The van der Waals surface area contributed by atoms with Crippen molar-refractivity contribution >= 4 is 34.8 Å². The molecule has 1 heterocycles. The molecule has 0 saturated carbocycles. The molecule has 0 atom stereocenters. The van der Waals surface area contributed by atoms with Crippen LogP contribution in [0.3, 0.4) is 0 Å². The Hall–Kier alpha value is -0.910. The van der Waals surface area contributed by atoms with Gasteiger partial charge in [0.1, 0.15) is 5.15 Å². The molecule has 108 valence electrons. The summed E-state index contributed by atoms with van der Waals surface area (Å²) in [6.45, 7) is 0.107. The summed E-state index contributed by atoms with van der Waals surface area (Å²) in [6, 6.07) is 6.66. The molecule has 2 aromatic rings. The molecule has 0 unspecified atom stereocenters. The van der Waals surface area contributed by atoms with Gasteiger partial charge in [0, 0.05) is 10.6 Å². The number of aromatic nitrogens is 2. The van der Waals surface area contributed by atoms with Gasteiger partial charge in [0.05, 0.1) is 12.4 Å². The van der Waals surface area contributed by atoms with Gasteiger partial charge in [0.25, 0.3) is 0 Å². The first-order chi connectivity index (χ1) is 9.32. The molecule has 8 heteroatoms. The van der Waals surface area contributed by atoms with Crippen LogP contribution in [0.25, 0.3) is 0 Å². The van der Waals surface area contributed by atoms with Gasteiger partial charge in [-0.2, -0.15) is 18.3 Å². The van der Waals surface area contributed by atoms with Crippen LogP contribution < -0.4 is 0 Å². The Morgan fingerprint density at radius 3 is 2.15 bits per heavy atom. The average molecular weight is 344 g/mol. The molecule has 0 spiro atoms. The summed E-state index contributed by atoms with van der Waals surface area (Å²) in [5.74, 6) is -0.353. The minimum Gasteiger partial charge on any atom is -0.249 e. The van der Waals surface area contributed by atoms with Crippen LogP contribution in [-0.4, -0.2) is 9.78 Å². The molecule has 0 saturated heterocycles. The largest absolute Gasteiger partial charge is 0.435 e. The van der Waals surface area contributed by atoms with E-state index < -0.39 is 11.9 Å². The molecule has 0 aliphatic rings. The van der Waals surface area contributed by atoms with Crippen molar-refractivity contribution < 1.29 is 13.2 Å². The zero-order valence-electron chi connectivity index (χ0n) is 9.89. The summed E-state index contributed by atoms with van der Waals surface area (Å²) < 4.78 is 39.5. The van der Waals surface area contributed by atoms with Crippen molar-refractivity contribution in [2.45, 2.75) is 18.6 Å². The molecule has 0 aliphatic heterocycles. The van der Waals surface area contributed by atoms with Gasteiger partial charge in [-0.05, 0) is 17.7 Å². The molecule has 0 radical (unpaired) electrons. The molecule has 2 nitrogen and oxygen atoms in total. The zero-order chi connectivity index (χ0) is 14.9. The minimum atomic E-state index is -4.58. The Balaban J connectivity index is 2.38. The Kier molecular flexibility index (Phi) is 4.52. The van der Waals surface area contributed by atoms with E-state index in [1.165, 1.54) is 0 Å². The maximum Gasteiger partial charge on any atom is 0.435 e. The fraction of sp³-hybridized carbons (Fsp3) is 0.250. The van der Waals surface area contributed by atoms with Gasteiger partial charge in [0.15, 0.2) is 5.69 Å². The summed E-state index contributed by atoms with van der Waals surface area (Å²) in [7, 11) is 0. The van der Waals surface area contributed by atoms with Crippen molar-refractivity contribution in [1.29, 1.82) is 0 Å². The third kappa shape index (κ3) is 3.22. The van der Waals surface area contributed by atoms with E-state index in [2.05, 4.69) is 5.10 Å². The summed E-state index contributed by atoms with van der Waals surface area (Å²) in [6.07, 6.45) is -4.58. The van der Waals surface area contributed by atoms with Crippen molar-refractivity contribution in [2.75, 3.05) is 0 Å².